The van der Waals surface area contributed by atoms with Gasteiger partial charge in [0, 0.05) is 52.8 Å². The molecule has 0 aromatic heterocycles. The number of hydrogen-bond acceptors (Lipinski definition) is 2. The minimum atomic E-state index is -0.300. The Labute approximate surface area is 180 Å². The van der Waals surface area contributed by atoms with Crippen LogP contribution in [0.25, 0.3) is 0 Å². The van der Waals surface area contributed by atoms with Gasteiger partial charge in [0.15, 0.2) is 0 Å². The third kappa shape index (κ3) is 9.70. The second-order valence-corrected chi connectivity index (χ2v) is 4.58. The van der Waals surface area contributed by atoms with Gasteiger partial charge in [0.25, 0.3) is 5.91 Å². The largest absolute Gasteiger partial charge is 0.372 e. The molecule has 0 bridgehead atoms. The predicted molar refractivity (Wildman–Crippen MR) is 104 cm³/mol. The van der Waals surface area contributed by atoms with E-state index in [1.54, 1.807) is 20.0 Å². The molecule has 1 amide bonds. The number of carbonyl (C=O) groups is 1. The van der Waals surface area contributed by atoms with Gasteiger partial charge in [0.2, 0.25) is 0 Å². The van der Waals surface area contributed by atoms with Crippen LogP contribution in [-0.2, 0) is 32.7 Å². The molecular weight excluding hydrogens is 392 g/mol. The second kappa shape index (κ2) is 18.3. The van der Waals surface area contributed by atoms with Crippen LogP contribution in [0, 0.1) is 19.7 Å². The van der Waals surface area contributed by atoms with Gasteiger partial charge in [-0.15, -0.1) is 6.54 Å². The Kier molecular flexibility index (Phi) is 21.5. The second-order valence-electron chi connectivity index (χ2n) is 4.58. The van der Waals surface area contributed by atoms with Gasteiger partial charge in [-0.3, -0.25) is 4.79 Å². The summed E-state index contributed by atoms with van der Waals surface area (Å²) in [7, 11) is 1.70. The van der Waals surface area contributed by atoms with Gasteiger partial charge in [-0.2, -0.15) is 6.92 Å². The van der Waals surface area contributed by atoms with Crippen molar-refractivity contribution < 1.29 is 41.9 Å². The Balaban J connectivity index is -0.000000626. The Morgan fingerprint density at radius 2 is 1.64 bits per heavy atom. The first kappa shape index (κ1) is 29.3. The molecule has 3 nitrogen and oxygen atoms in total. The standard InChI is InChI=1S/C14H18FN2O.2C2H6.C2H5.Y/c1-3-16(2)14(18)12-7-6-11(15)10-13(12)17-8-4-5-9-17;3*1-2;/h6-7,10H,1,3-5,8-9H2,2H3;2*1-2H3;1H2,2H3;/q-1;;;-1;. The molecule has 1 aromatic rings. The third-order valence-corrected chi connectivity index (χ3v) is 3.32. The first-order valence-corrected chi connectivity index (χ1v) is 8.93. The summed E-state index contributed by atoms with van der Waals surface area (Å²) >= 11 is 0. The van der Waals surface area contributed by atoms with Gasteiger partial charge < -0.3 is 23.6 Å². The Hall–Kier alpha value is -0.476. The van der Waals surface area contributed by atoms with Crippen LogP contribution >= 0.6 is 0 Å². The number of anilines is 1. The molecule has 143 valence electrons. The Bertz CT molecular complexity index is 449. The molecule has 0 unspecified atom stereocenters. The fraction of sp³-hybridized carbons (Fsp3) is 0.550. The summed E-state index contributed by atoms with van der Waals surface area (Å²) < 4.78 is 13.4. The molecular formula is C20H35FN2OY-2. The number of amides is 1. The maximum absolute atomic E-state index is 13.4. The average Bonchev–Trinajstić information content (AvgIpc) is 3.20. The van der Waals surface area contributed by atoms with Crippen LogP contribution < -0.4 is 4.90 Å². The summed E-state index contributed by atoms with van der Waals surface area (Å²) in [6.45, 7) is 18.9. The van der Waals surface area contributed by atoms with E-state index in [1.807, 2.05) is 27.7 Å². The molecule has 1 radical (unpaired) electrons. The maximum atomic E-state index is 13.4. The normalized spacial score (nSPS) is 11.5. The van der Waals surface area contributed by atoms with Gasteiger partial charge in [-0.05, 0) is 31.0 Å². The van der Waals surface area contributed by atoms with E-state index in [4.69, 9.17) is 0 Å². The van der Waals surface area contributed by atoms with E-state index >= 15 is 0 Å². The zero-order valence-corrected chi connectivity index (χ0v) is 19.8. The fourth-order valence-corrected chi connectivity index (χ4v) is 2.21. The SMILES string of the molecule is CC.CC.[CH2-]C.[CH2-]CN(C)C(=O)c1ccc(F)cc1N1CCCC1.[Y]. The van der Waals surface area contributed by atoms with Gasteiger partial charge in [0.1, 0.15) is 5.82 Å². The summed E-state index contributed by atoms with van der Waals surface area (Å²) in [5.74, 6) is -0.405. The Morgan fingerprint density at radius 3 is 2.08 bits per heavy atom. The molecule has 0 saturated carbocycles. The minimum absolute atomic E-state index is 0. The first-order chi connectivity index (χ1) is 11.6. The van der Waals surface area contributed by atoms with Gasteiger partial charge in [-0.1, -0.05) is 27.7 Å². The van der Waals surface area contributed by atoms with E-state index in [-0.39, 0.29) is 44.4 Å². The number of hydrogen-bond donors (Lipinski definition) is 0. The minimum Gasteiger partial charge on any atom is -0.372 e. The summed E-state index contributed by atoms with van der Waals surface area (Å²) in [5.41, 5.74) is 1.27. The fourth-order valence-electron chi connectivity index (χ4n) is 2.21. The summed E-state index contributed by atoms with van der Waals surface area (Å²) in [5, 5.41) is 0. The molecule has 1 aliphatic rings. The van der Waals surface area contributed by atoms with Crippen molar-refractivity contribution in [1.82, 2.24) is 4.90 Å². The third-order valence-electron chi connectivity index (χ3n) is 3.32. The van der Waals surface area contributed by atoms with Gasteiger partial charge in [0.05, 0.1) is 11.3 Å². The van der Waals surface area contributed by atoms with Crippen molar-refractivity contribution in [3.8, 4) is 0 Å². The zero-order chi connectivity index (χ0) is 19.1. The van der Waals surface area contributed by atoms with Crippen molar-refractivity contribution in [2.75, 3.05) is 31.6 Å². The van der Waals surface area contributed by atoms with Crippen molar-refractivity contribution in [3.63, 3.8) is 0 Å². The van der Waals surface area contributed by atoms with Crippen molar-refractivity contribution in [1.29, 1.82) is 0 Å². The molecule has 0 spiro atoms. The van der Waals surface area contributed by atoms with Crippen LogP contribution in [0.4, 0.5) is 10.1 Å². The molecule has 2 rings (SSSR count). The molecule has 25 heavy (non-hydrogen) atoms. The topological polar surface area (TPSA) is 23.6 Å². The molecule has 0 N–H and O–H groups in total. The summed E-state index contributed by atoms with van der Waals surface area (Å²) in [4.78, 5) is 15.8. The van der Waals surface area contributed by atoms with Crippen molar-refractivity contribution >= 4 is 11.6 Å². The summed E-state index contributed by atoms with van der Waals surface area (Å²) in [6, 6.07) is 4.36. The van der Waals surface area contributed by atoms with Crippen LogP contribution in [-0.4, -0.2) is 37.5 Å². The monoisotopic (exact) mass is 427 g/mol. The van der Waals surface area contributed by atoms with Crippen LogP contribution in [0.5, 0.6) is 0 Å². The molecule has 0 aliphatic carbocycles. The van der Waals surface area contributed by atoms with E-state index in [1.165, 1.54) is 17.0 Å². The number of nitrogens with zero attached hydrogens (tertiary/aromatic N) is 2. The average molecular weight is 427 g/mol. The van der Waals surface area contributed by atoms with Crippen molar-refractivity contribution in [2.24, 2.45) is 0 Å². The van der Waals surface area contributed by atoms with E-state index in [0.717, 1.165) is 25.9 Å². The van der Waals surface area contributed by atoms with Crippen molar-refractivity contribution in [2.45, 2.75) is 47.5 Å². The van der Waals surface area contributed by atoms with Gasteiger partial charge in [-0.25, -0.2) is 4.39 Å². The molecule has 1 saturated heterocycles. The zero-order valence-electron chi connectivity index (χ0n) is 16.9. The maximum Gasteiger partial charge on any atom is 0.253 e. The molecule has 1 aliphatic heterocycles. The van der Waals surface area contributed by atoms with Crippen molar-refractivity contribution in [3.05, 3.63) is 43.4 Å². The van der Waals surface area contributed by atoms with E-state index in [0.29, 0.717) is 17.8 Å². The van der Waals surface area contributed by atoms with E-state index in [2.05, 4.69) is 18.7 Å². The smallest absolute Gasteiger partial charge is 0.253 e. The molecule has 5 heteroatoms. The van der Waals surface area contributed by atoms with E-state index < -0.39 is 0 Å². The number of carbonyl (C=O) groups excluding carboxylic acids is 1. The molecule has 1 heterocycles. The number of benzene rings is 1. The van der Waals surface area contributed by atoms with Crippen LogP contribution in [0.1, 0.15) is 57.8 Å². The number of rotatable bonds is 3. The Morgan fingerprint density at radius 1 is 1.16 bits per heavy atom. The van der Waals surface area contributed by atoms with Gasteiger partial charge >= 0.3 is 0 Å². The van der Waals surface area contributed by atoms with Crippen LogP contribution in [0.2, 0.25) is 0 Å². The van der Waals surface area contributed by atoms with E-state index in [9.17, 15) is 9.18 Å². The predicted octanol–water partition coefficient (Wildman–Crippen LogP) is 5.22. The van der Waals surface area contributed by atoms with Crippen LogP contribution in [0.3, 0.4) is 0 Å². The molecule has 1 fully saturated rings. The number of halogens is 1. The first-order valence-electron chi connectivity index (χ1n) is 8.93. The molecule has 0 atom stereocenters. The quantitative estimate of drug-likeness (QED) is 0.618. The van der Waals surface area contributed by atoms with Crippen LogP contribution in [0.15, 0.2) is 18.2 Å². The molecule has 1 aromatic carbocycles. The summed E-state index contributed by atoms with van der Waals surface area (Å²) in [6.07, 6.45) is 2.19.